The number of benzene rings is 2. The Hall–Kier alpha value is -2.75. The van der Waals surface area contributed by atoms with E-state index < -0.39 is 11.2 Å². The molecule has 4 nitrogen and oxygen atoms in total. The molecule has 1 aromatic heterocycles. The van der Waals surface area contributed by atoms with Crippen molar-refractivity contribution in [2.75, 3.05) is 0 Å². The molecule has 1 heterocycles. The van der Waals surface area contributed by atoms with Crippen LogP contribution in [0.2, 0.25) is 0 Å². The molecule has 232 valence electrons. The largest absolute Gasteiger partial charge is 0.488 e. The van der Waals surface area contributed by atoms with Gasteiger partial charge in [0, 0.05) is 30.1 Å². The number of esters is 1. The number of nitrogens with zero attached hydrogens (tertiary/aromatic N) is 1. The van der Waals surface area contributed by atoms with E-state index in [4.69, 9.17) is 9.47 Å². The number of aryl methyl sites for hydroxylation is 1. The van der Waals surface area contributed by atoms with Crippen molar-refractivity contribution < 1.29 is 14.3 Å². The number of aromatic nitrogens is 1. The molecule has 0 spiro atoms. The molecule has 0 bridgehead atoms. The van der Waals surface area contributed by atoms with E-state index in [0.717, 1.165) is 25.1 Å². The number of carbonyl (C=O) groups excluding carboxylic acids is 1. The number of rotatable bonds is 12. The van der Waals surface area contributed by atoms with Gasteiger partial charge >= 0.3 is 5.97 Å². The monoisotopic (exact) mass is 575 g/mol. The molecular formula is C38H57NO3. The molecule has 0 N–H and O–H groups in total. The van der Waals surface area contributed by atoms with Gasteiger partial charge in [-0.3, -0.25) is 4.79 Å². The van der Waals surface area contributed by atoms with E-state index in [1.165, 1.54) is 28.6 Å². The predicted octanol–water partition coefficient (Wildman–Crippen LogP) is 10.7. The second kappa shape index (κ2) is 12.9. The average molecular weight is 576 g/mol. The predicted molar refractivity (Wildman–Crippen MR) is 178 cm³/mol. The van der Waals surface area contributed by atoms with Crippen molar-refractivity contribution in [3.8, 4) is 17.0 Å². The third-order valence-electron chi connectivity index (χ3n) is 7.88. The third kappa shape index (κ3) is 9.64. The van der Waals surface area contributed by atoms with Gasteiger partial charge in [-0.15, -0.1) is 0 Å². The van der Waals surface area contributed by atoms with Gasteiger partial charge in [-0.25, -0.2) is 0 Å². The fourth-order valence-electron chi connectivity index (χ4n) is 6.16. The fourth-order valence-corrected chi connectivity index (χ4v) is 6.16. The summed E-state index contributed by atoms with van der Waals surface area (Å²) in [5.41, 5.74) is 2.29. The normalized spacial score (nSPS) is 13.9. The summed E-state index contributed by atoms with van der Waals surface area (Å²) in [7, 11) is 0. The summed E-state index contributed by atoms with van der Waals surface area (Å²) < 4.78 is 15.3. The van der Waals surface area contributed by atoms with Crippen LogP contribution in [0, 0.1) is 22.7 Å². The molecule has 3 aromatic rings. The molecule has 1 unspecified atom stereocenters. The Morgan fingerprint density at radius 1 is 0.833 bits per heavy atom. The van der Waals surface area contributed by atoms with Crippen molar-refractivity contribution in [1.82, 2.24) is 4.57 Å². The van der Waals surface area contributed by atoms with E-state index >= 15 is 0 Å². The van der Waals surface area contributed by atoms with Gasteiger partial charge in [0.15, 0.2) is 0 Å². The number of hydrogen-bond acceptors (Lipinski definition) is 3. The summed E-state index contributed by atoms with van der Waals surface area (Å²) in [6.45, 7) is 26.6. The lowest BCUT2D eigenvalue weighted by atomic mass is 9.72. The van der Waals surface area contributed by atoms with Crippen molar-refractivity contribution in [3.05, 3.63) is 54.6 Å². The summed E-state index contributed by atoms with van der Waals surface area (Å²) in [4.78, 5) is 13.5. The molecule has 0 saturated heterocycles. The maximum atomic E-state index is 13.5. The third-order valence-corrected chi connectivity index (χ3v) is 7.88. The molecule has 42 heavy (non-hydrogen) atoms. The minimum atomic E-state index is -0.677. The Morgan fingerprint density at radius 2 is 1.48 bits per heavy atom. The zero-order valence-corrected chi connectivity index (χ0v) is 28.6. The summed E-state index contributed by atoms with van der Waals surface area (Å²) in [5, 5.41) is 1.21. The van der Waals surface area contributed by atoms with Crippen LogP contribution in [0.3, 0.4) is 0 Å². The Balaban J connectivity index is 1.83. The lowest BCUT2D eigenvalue weighted by molar-refractivity contribution is -0.170. The molecule has 0 aliphatic carbocycles. The SMILES string of the molecule is CC(C)CCCn1c(-c2ccccc2)cc2ccc(OC(C)(C)CC(C)(C)OC(=O)C(CC(C)(C)C)C(C)(C)C)cc21. The van der Waals surface area contributed by atoms with Crippen LogP contribution in [0.4, 0.5) is 0 Å². The molecule has 0 aliphatic rings. The highest BCUT2D eigenvalue weighted by molar-refractivity contribution is 5.88. The highest BCUT2D eigenvalue weighted by Crippen LogP contribution is 2.39. The van der Waals surface area contributed by atoms with Gasteiger partial charge in [0.05, 0.1) is 11.4 Å². The quantitative estimate of drug-likeness (QED) is 0.202. The van der Waals surface area contributed by atoms with E-state index in [1.807, 2.05) is 13.8 Å². The van der Waals surface area contributed by atoms with Crippen LogP contribution in [0.1, 0.15) is 109 Å². The topological polar surface area (TPSA) is 40.5 Å². The lowest BCUT2D eigenvalue weighted by Gasteiger charge is -2.39. The van der Waals surface area contributed by atoms with Crippen molar-refractivity contribution >= 4 is 16.9 Å². The van der Waals surface area contributed by atoms with Gasteiger partial charge in [-0.05, 0) is 87.5 Å². The molecule has 0 amide bonds. The Bertz CT molecular complexity index is 1320. The smallest absolute Gasteiger partial charge is 0.310 e. The van der Waals surface area contributed by atoms with Crippen LogP contribution < -0.4 is 4.74 Å². The van der Waals surface area contributed by atoms with E-state index in [2.05, 4.69) is 128 Å². The minimum absolute atomic E-state index is 0.0367. The first-order valence-corrected chi connectivity index (χ1v) is 15.9. The van der Waals surface area contributed by atoms with E-state index in [1.54, 1.807) is 0 Å². The summed E-state index contributed by atoms with van der Waals surface area (Å²) >= 11 is 0. The zero-order valence-electron chi connectivity index (χ0n) is 28.6. The van der Waals surface area contributed by atoms with Crippen LogP contribution in [-0.2, 0) is 16.1 Å². The van der Waals surface area contributed by atoms with Crippen molar-refractivity contribution in [3.63, 3.8) is 0 Å². The van der Waals surface area contributed by atoms with E-state index in [-0.39, 0.29) is 22.7 Å². The highest BCUT2D eigenvalue weighted by atomic mass is 16.6. The molecule has 1 atom stereocenters. The Morgan fingerprint density at radius 3 is 2.05 bits per heavy atom. The van der Waals surface area contributed by atoms with Crippen molar-refractivity contribution in [1.29, 1.82) is 0 Å². The molecule has 4 heteroatoms. The lowest BCUT2D eigenvalue weighted by Crippen LogP contribution is -2.43. The molecule has 3 rings (SSSR count). The van der Waals surface area contributed by atoms with Gasteiger partial charge in [0.25, 0.3) is 0 Å². The molecule has 0 radical (unpaired) electrons. The van der Waals surface area contributed by atoms with Crippen LogP contribution >= 0.6 is 0 Å². The van der Waals surface area contributed by atoms with Crippen molar-refractivity contribution in [2.24, 2.45) is 22.7 Å². The number of fused-ring (bicyclic) bond motifs is 1. The van der Waals surface area contributed by atoms with E-state index in [0.29, 0.717) is 12.3 Å². The summed E-state index contributed by atoms with van der Waals surface area (Å²) in [6, 6.07) is 19.3. The first-order chi connectivity index (χ1) is 19.3. The van der Waals surface area contributed by atoms with Gasteiger partial charge in [0.2, 0.25) is 0 Å². The first-order valence-electron chi connectivity index (χ1n) is 15.9. The van der Waals surface area contributed by atoms with Crippen LogP contribution in [-0.4, -0.2) is 21.7 Å². The van der Waals surface area contributed by atoms with Gasteiger partial charge < -0.3 is 14.0 Å². The maximum Gasteiger partial charge on any atom is 0.310 e. The van der Waals surface area contributed by atoms with Crippen LogP contribution in [0.5, 0.6) is 5.75 Å². The number of hydrogen-bond donors (Lipinski definition) is 0. The zero-order chi connectivity index (χ0) is 31.5. The van der Waals surface area contributed by atoms with Gasteiger partial charge in [-0.1, -0.05) is 85.7 Å². The van der Waals surface area contributed by atoms with Crippen LogP contribution in [0.25, 0.3) is 22.2 Å². The molecule has 2 aromatic carbocycles. The summed E-state index contributed by atoms with van der Waals surface area (Å²) in [5.74, 6) is 1.21. The molecule has 0 aliphatic heterocycles. The van der Waals surface area contributed by atoms with Crippen LogP contribution in [0.15, 0.2) is 54.6 Å². The first kappa shape index (κ1) is 33.7. The molecule has 0 saturated carbocycles. The minimum Gasteiger partial charge on any atom is -0.488 e. The number of ether oxygens (including phenoxy) is 2. The maximum absolute atomic E-state index is 13.5. The second-order valence-electron chi connectivity index (χ2n) is 16.2. The molecule has 0 fully saturated rings. The summed E-state index contributed by atoms with van der Waals surface area (Å²) in [6.07, 6.45) is 3.67. The Kier molecular flexibility index (Phi) is 10.3. The Labute approximate surface area is 256 Å². The van der Waals surface area contributed by atoms with Gasteiger partial charge in [-0.2, -0.15) is 0 Å². The standard InChI is InChI=1S/C38H57NO3/c1-27(2)17-16-22-39-32(28-18-14-13-15-19-28)23-29-20-21-30(24-33(29)39)41-37(9,10)26-38(11,12)42-34(40)31(36(6,7)8)25-35(3,4)5/h13-15,18-21,23-24,27,31H,16-17,22,25-26H2,1-12H3. The highest BCUT2D eigenvalue weighted by Gasteiger charge is 2.40. The average Bonchev–Trinajstić information content (AvgIpc) is 3.18. The number of carbonyl (C=O) groups is 1. The second-order valence-corrected chi connectivity index (χ2v) is 16.2. The van der Waals surface area contributed by atoms with Crippen molar-refractivity contribution in [2.45, 2.75) is 127 Å². The fraction of sp³-hybridized carbons (Fsp3) is 0.605. The van der Waals surface area contributed by atoms with E-state index in [9.17, 15) is 4.79 Å². The molecular weight excluding hydrogens is 518 g/mol. The van der Waals surface area contributed by atoms with Gasteiger partial charge in [0.1, 0.15) is 17.0 Å².